The van der Waals surface area contributed by atoms with E-state index in [2.05, 4.69) is 118 Å². The summed E-state index contributed by atoms with van der Waals surface area (Å²) in [5, 5.41) is 2.62. The zero-order chi connectivity index (χ0) is 22.6. The quantitative estimate of drug-likeness (QED) is 0.227. The molecule has 33 heavy (non-hydrogen) atoms. The van der Waals surface area contributed by atoms with Gasteiger partial charge < -0.3 is 0 Å². The van der Waals surface area contributed by atoms with Crippen LogP contribution in [0.3, 0.4) is 0 Å². The Morgan fingerprint density at radius 2 is 1.30 bits per heavy atom. The fraction of sp³-hybridized carbons (Fsp3) is 0.129. The van der Waals surface area contributed by atoms with Gasteiger partial charge in [0.05, 0.1) is 0 Å². The summed E-state index contributed by atoms with van der Waals surface area (Å²) in [4.78, 5) is 4.86. The molecular formula is C31H26BiN. The molecule has 5 aromatic rings. The first-order chi connectivity index (χ1) is 16.0. The maximum absolute atomic E-state index is 4.86. The second-order valence-electron chi connectivity index (χ2n) is 9.76. The Morgan fingerprint density at radius 3 is 2.00 bits per heavy atom. The SMILES string of the molecule is CC(C)(C)c1cc(-c2c[c]([Bi]3[c]4ccccc4-c4cccc[c]43)ccn2)cc2ccccc12. The van der Waals surface area contributed by atoms with Crippen molar-refractivity contribution >= 4 is 42.3 Å². The zero-order valence-electron chi connectivity index (χ0n) is 19.2. The summed E-state index contributed by atoms with van der Waals surface area (Å²) in [5.74, 6) is 0. The molecule has 4 aromatic carbocycles. The number of rotatable bonds is 2. The molecule has 0 saturated carbocycles. The Labute approximate surface area is 203 Å². The van der Waals surface area contributed by atoms with Crippen LogP contribution in [-0.2, 0) is 5.41 Å². The average molecular weight is 622 g/mol. The van der Waals surface area contributed by atoms with Gasteiger partial charge in [-0.1, -0.05) is 0 Å². The number of aromatic nitrogens is 1. The first kappa shape index (κ1) is 20.8. The minimum absolute atomic E-state index is 0.0649. The number of benzene rings is 4. The molecule has 2 heterocycles. The van der Waals surface area contributed by atoms with Crippen molar-refractivity contribution < 1.29 is 0 Å². The van der Waals surface area contributed by atoms with Crippen molar-refractivity contribution in [2.75, 3.05) is 0 Å². The molecule has 6 rings (SSSR count). The predicted molar refractivity (Wildman–Crippen MR) is 142 cm³/mol. The van der Waals surface area contributed by atoms with Gasteiger partial charge in [-0.05, 0) is 0 Å². The molecule has 0 fully saturated rings. The van der Waals surface area contributed by atoms with Crippen LogP contribution in [0.4, 0.5) is 0 Å². The summed E-state index contributed by atoms with van der Waals surface area (Å²) in [5.41, 5.74) is 6.61. The fourth-order valence-corrected chi connectivity index (χ4v) is 15.2. The first-order valence-electron chi connectivity index (χ1n) is 11.5. The second kappa shape index (κ2) is 7.89. The van der Waals surface area contributed by atoms with Gasteiger partial charge in [-0.2, -0.15) is 0 Å². The Balaban J connectivity index is 1.53. The van der Waals surface area contributed by atoms with Crippen molar-refractivity contribution in [1.82, 2.24) is 4.98 Å². The van der Waals surface area contributed by atoms with E-state index in [-0.39, 0.29) is 5.41 Å². The zero-order valence-corrected chi connectivity index (χ0v) is 22.7. The molecule has 0 unspecified atom stereocenters. The van der Waals surface area contributed by atoms with E-state index in [0.717, 1.165) is 5.69 Å². The van der Waals surface area contributed by atoms with Gasteiger partial charge >= 0.3 is 205 Å². The second-order valence-corrected chi connectivity index (χ2v) is 18.1. The third kappa shape index (κ3) is 3.52. The van der Waals surface area contributed by atoms with Crippen LogP contribution in [0.1, 0.15) is 26.3 Å². The van der Waals surface area contributed by atoms with Crippen LogP contribution in [0.25, 0.3) is 33.2 Å². The van der Waals surface area contributed by atoms with E-state index in [1.54, 1.807) is 6.54 Å². The van der Waals surface area contributed by atoms with Crippen molar-refractivity contribution in [1.29, 1.82) is 0 Å². The van der Waals surface area contributed by atoms with E-state index in [1.165, 1.54) is 36.3 Å². The average Bonchev–Trinajstić information content (AvgIpc) is 3.17. The summed E-state index contributed by atoms with van der Waals surface area (Å²) >= 11 is -2.34. The number of fused-ring (bicyclic) bond motifs is 4. The van der Waals surface area contributed by atoms with Crippen molar-refractivity contribution in [3.63, 3.8) is 0 Å². The molecule has 0 N–H and O–H groups in total. The van der Waals surface area contributed by atoms with E-state index >= 15 is 0 Å². The van der Waals surface area contributed by atoms with Crippen LogP contribution in [0.5, 0.6) is 0 Å². The molecule has 0 saturated heterocycles. The molecule has 0 aliphatic carbocycles. The summed E-state index contributed by atoms with van der Waals surface area (Å²) in [6, 6.07) is 36.1. The predicted octanol–water partition coefficient (Wildman–Crippen LogP) is 5.70. The van der Waals surface area contributed by atoms with Crippen LogP contribution < -0.4 is 9.81 Å². The molecular weight excluding hydrogens is 595 g/mol. The van der Waals surface area contributed by atoms with Crippen molar-refractivity contribution in [3.05, 3.63) is 109 Å². The molecule has 1 aliphatic heterocycles. The topological polar surface area (TPSA) is 12.9 Å². The molecule has 0 spiro atoms. The van der Waals surface area contributed by atoms with Gasteiger partial charge in [-0.15, -0.1) is 0 Å². The van der Waals surface area contributed by atoms with E-state index < -0.39 is 21.8 Å². The molecule has 0 amide bonds. The first-order valence-corrected chi connectivity index (χ1v) is 16.7. The van der Waals surface area contributed by atoms with Crippen molar-refractivity contribution in [2.45, 2.75) is 26.2 Å². The van der Waals surface area contributed by atoms with Gasteiger partial charge in [0.25, 0.3) is 0 Å². The Hall–Kier alpha value is -2.83. The number of pyridine rings is 1. The summed E-state index contributed by atoms with van der Waals surface area (Å²) in [6.45, 7) is 6.89. The summed E-state index contributed by atoms with van der Waals surface area (Å²) < 4.78 is 4.66. The van der Waals surface area contributed by atoms with Gasteiger partial charge in [0, 0.05) is 0 Å². The van der Waals surface area contributed by atoms with Crippen molar-refractivity contribution in [2.24, 2.45) is 0 Å². The molecule has 1 aromatic heterocycles. The summed E-state index contributed by atoms with van der Waals surface area (Å²) in [7, 11) is 0. The van der Waals surface area contributed by atoms with E-state index in [4.69, 9.17) is 4.98 Å². The number of hydrogen-bond donors (Lipinski definition) is 0. The van der Waals surface area contributed by atoms with Crippen LogP contribution in [-0.4, -0.2) is 26.7 Å². The molecule has 0 radical (unpaired) electrons. The molecule has 0 atom stereocenters. The molecule has 0 bridgehead atoms. The van der Waals surface area contributed by atoms with E-state index in [0.29, 0.717) is 0 Å². The Bertz CT molecular complexity index is 1460. The van der Waals surface area contributed by atoms with E-state index in [9.17, 15) is 0 Å². The van der Waals surface area contributed by atoms with E-state index in [1.807, 2.05) is 6.20 Å². The molecule has 2 heteroatoms. The Morgan fingerprint density at radius 1 is 0.667 bits per heavy atom. The van der Waals surface area contributed by atoms with Crippen molar-refractivity contribution in [3.8, 4) is 22.4 Å². The van der Waals surface area contributed by atoms with Gasteiger partial charge in [0.1, 0.15) is 0 Å². The number of nitrogens with zero attached hydrogens (tertiary/aromatic N) is 1. The minimum atomic E-state index is -2.34. The molecule has 1 nitrogen and oxygen atoms in total. The van der Waals surface area contributed by atoms with Crippen LogP contribution in [0.15, 0.2) is 103 Å². The van der Waals surface area contributed by atoms with Gasteiger partial charge in [0.15, 0.2) is 0 Å². The van der Waals surface area contributed by atoms with Crippen LogP contribution in [0.2, 0.25) is 0 Å². The van der Waals surface area contributed by atoms with Gasteiger partial charge in [-0.3, -0.25) is 0 Å². The standard InChI is InChI=1S/C19H18N.C12H8.Bi/c1-19(2,3)17-13-15(18-10-6-7-11-20-18)12-14-8-4-5-9-16(14)17;1-3-7-11(8-4-1)12-9-5-2-6-10-12;/h4-5,7-13H,1-3H3;1-7,9H;. The monoisotopic (exact) mass is 621 g/mol. The van der Waals surface area contributed by atoms with Gasteiger partial charge in [0.2, 0.25) is 0 Å². The fourth-order valence-electron chi connectivity index (χ4n) is 5.00. The normalized spacial score (nSPS) is 13.2. The van der Waals surface area contributed by atoms with Crippen LogP contribution >= 0.6 is 0 Å². The summed E-state index contributed by atoms with van der Waals surface area (Å²) in [6.07, 6.45) is 2.02. The molecule has 1 aliphatic rings. The Kier molecular flexibility index (Phi) is 4.96. The van der Waals surface area contributed by atoms with Crippen LogP contribution in [0, 0.1) is 0 Å². The third-order valence-electron chi connectivity index (χ3n) is 6.55. The third-order valence-corrected chi connectivity index (χ3v) is 16.4. The van der Waals surface area contributed by atoms with Gasteiger partial charge in [-0.25, -0.2) is 0 Å². The maximum atomic E-state index is 4.86. The number of hydrogen-bond acceptors (Lipinski definition) is 1. The molecule has 160 valence electrons.